The number of carbonyl (C=O) groups is 1. The van der Waals surface area contributed by atoms with E-state index in [-0.39, 0.29) is 16.8 Å². The van der Waals surface area contributed by atoms with E-state index in [9.17, 15) is 13.2 Å². The van der Waals surface area contributed by atoms with E-state index >= 15 is 0 Å². The Labute approximate surface area is 181 Å². The van der Waals surface area contributed by atoms with Crippen molar-refractivity contribution in [1.82, 2.24) is 9.97 Å². The number of aromatic nitrogens is 2. The summed E-state index contributed by atoms with van der Waals surface area (Å²) in [5, 5.41) is 3.96. The van der Waals surface area contributed by atoms with E-state index < -0.39 is 10.0 Å². The minimum absolute atomic E-state index is 0.00761. The molecule has 152 valence electrons. The fourth-order valence-electron chi connectivity index (χ4n) is 2.74. The van der Waals surface area contributed by atoms with Crippen molar-refractivity contribution in [3.05, 3.63) is 76.4 Å². The molecule has 4 aromatic rings. The summed E-state index contributed by atoms with van der Waals surface area (Å²) in [6.45, 7) is 1.74. The third-order valence-corrected chi connectivity index (χ3v) is 7.20. The van der Waals surface area contributed by atoms with Crippen LogP contribution in [0.2, 0.25) is 5.02 Å². The highest BCUT2D eigenvalue weighted by Gasteiger charge is 2.18. The zero-order valence-corrected chi connectivity index (χ0v) is 18.0. The number of halogens is 1. The number of aryl methyl sites for hydroxylation is 1. The van der Waals surface area contributed by atoms with Gasteiger partial charge in [-0.3, -0.25) is 4.79 Å². The highest BCUT2D eigenvalue weighted by Crippen LogP contribution is 2.35. The van der Waals surface area contributed by atoms with E-state index in [1.54, 1.807) is 13.0 Å². The summed E-state index contributed by atoms with van der Waals surface area (Å²) < 4.78 is 28.3. The molecule has 0 radical (unpaired) electrons. The lowest BCUT2D eigenvalue weighted by atomic mass is 10.2. The Bertz CT molecular complexity index is 1350. The number of fused-ring (bicyclic) bond motifs is 1. The van der Waals surface area contributed by atoms with Crippen molar-refractivity contribution in [3.8, 4) is 0 Å². The van der Waals surface area contributed by atoms with Crippen LogP contribution in [0.15, 0.2) is 65.7 Å². The normalized spacial score (nSPS) is 11.4. The lowest BCUT2D eigenvalue weighted by Gasteiger charge is -2.08. The average molecular weight is 459 g/mol. The molecule has 0 atom stereocenters. The van der Waals surface area contributed by atoms with E-state index in [0.29, 0.717) is 21.3 Å². The number of carbonyl (C=O) groups excluding carboxylic acids is 1. The first-order valence-electron chi connectivity index (χ1n) is 8.74. The minimum atomic E-state index is -3.86. The topological polar surface area (TPSA) is 101 Å². The van der Waals surface area contributed by atoms with Gasteiger partial charge in [0.15, 0.2) is 0 Å². The van der Waals surface area contributed by atoms with Gasteiger partial charge < -0.3 is 5.32 Å². The Hall–Kier alpha value is -3.01. The van der Waals surface area contributed by atoms with Crippen LogP contribution >= 0.6 is 22.9 Å². The molecule has 7 nitrogen and oxygen atoms in total. The molecule has 0 aliphatic carbocycles. The number of hydrogen-bond donors (Lipinski definition) is 2. The summed E-state index contributed by atoms with van der Waals surface area (Å²) in [6.07, 6.45) is 1.47. The average Bonchev–Trinajstić information content (AvgIpc) is 3.05. The van der Waals surface area contributed by atoms with Crippen LogP contribution in [0, 0.1) is 6.92 Å². The summed E-state index contributed by atoms with van der Waals surface area (Å²) in [5.41, 5.74) is 1.08. The van der Waals surface area contributed by atoms with Gasteiger partial charge in [0, 0.05) is 27.7 Å². The molecule has 0 aliphatic rings. The Kier molecular flexibility index (Phi) is 5.42. The maximum Gasteiger partial charge on any atom is 0.267 e. The number of thiophene rings is 1. The zero-order valence-electron chi connectivity index (χ0n) is 15.6. The second-order valence-corrected chi connectivity index (χ2v) is 9.46. The fraction of sp³-hybridized carbons (Fsp3) is 0.0500. The quantitative estimate of drug-likeness (QED) is 0.451. The number of amides is 1. The number of benzene rings is 2. The van der Waals surface area contributed by atoms with Crippen LogP contribution < -0.4 is 10.0 Å². The van der Waals surface area contributed by atoms with Gasteiger partial charge in [-0.2, -0.15) is 0 Å². The second-order valence-electron chi connectivity index (χ2n) is 6.35. The van der Waals surface area contributed by atoms with Crippen LogP contribution in [0.5, 0.6) is 0 Å². The molecular formula is C20H15ClN4O3S2. The van der Waals surface area contributed by atoms with Crippen molar-refractivity contribution in [2.24, 2.45) is 0 Å². The van der Waals surface area contributed by atoms with Gasteiger partial charge in [0.2, 0.25) is 5.95 Å². The van der Waals surface area contributed by atoms with E-state index in [4.69, 9.17) is 11.6 Å². The van der Waals surface area contributed by atoms with Crippen LogP contribution in [-0.2, 0) is 10.0 Å². The lowest BCUT2D eigenvalue weighted by Crippen LogP contribution is -2.15. The Morgan fingerprint density at radius 1 is 1.07 bits per heavy atom. The molecule has 10 heteroatoms. The predicted molar refractivity (Wildman–Crippen MR) is 119 cm³/mol. The largest absolute Gasteiger partial charge is 0.321 e. The van der Waals surface area contributed by atoms with Gasteiger partial charge >= 0.3 is 0 Å². The molecule has 2 aromatic heterocycles. The number of hydrogen-bond acceptors (Lipinski definition) is 6. The third kappa shape index (κ3) is 4.13. The van der Waals surface area contributed by atoms with Crippen molar-refractivity contribution in [2.75, 3.05) is 10.0 Å². The molecule has 2 heterocycles. The summed E-state index contributed by atoms with van der Waals surface area (Å²) in [7, 11) is -3.86. The van der Waals surface area contributed by atoms with Crippen LogP contribution in [0.25, 0.3) is 10.1 Å². The summed E-state index contributed by atoms with van der Waals surface area (Å²) in [6, 6.07) is 14.9. The summed E-state index contributed by atoms with van der Waals surface area (Å²) in [4.78, 5) is 21.0. The van der Waals surface area contributed by atoms with Gasteiger partial charge in [0.1, 0.15) is 4.88 Å². The van der Waals surface area contributed by atoms with Crippen molar-refractivity contribution in [1.29, 1.82) is 0 Å². The lowest BCUT2D eigenvalue weighted by molar-refractivity contribution is 0.103. The first-order chi connectivity index (χ1) is 14.3. The fourth-order valence-corrected chi connectivity index (χ4v) is 5.11. The smallest absolute Gasteiger partial charge is 0.267 e. The highest BCUT2D eigenvalue weighted by molar-refractivity contribution is 7.92. The van der Waals surface area contributed by atoms with Crippen molar-refractivity contribution >= 4 is 60.6 Å². The third-order valence-electron chi connectivity index (χ3n) is 4.18. The van der Waals surface area contributed by atoms with Crippen LogP contribution in [-0.4, -0.2) is 24.3 Å². The van der Waals surface area contributed by atoms with E-state index in [1.165, 1.54) is 41.8 Å². The molecule has 0 bridgehead atoms. The van der Waals surface area contributed by atoms with E-state index in [1.807, 2.05) is 24.3 Å². The molecule has 0 unspecified atom stereocenters. The van der Waals surface area contributed by atoms with Crippen molar-refractivity contribution < 1.29 is 13.2 Å². The second kappa shape index (κ2) is 8.02. The standard InChI is InChI=1S/C20H15ClN4O3S2/c1-12-10-11-22-20(23-12)25-30(27,28)14-8-6-13(7-9-14)24-19(26)18-17(21)15-4-2-3-5-16(15)29-18/h2-11H,1H3,(H,24,26)(H,22,23,25). The first-order valence-corrected chi connectivity index (χ1v) is 11.4. The van der Waals surface area contributed by atoms with Gasteiger partial charge in [0.05, 0.1) is 9.92 Å². The molecule has 0 saturated heterocycles. The van der Waals surface area contributed by atoms with Gasteiger partial charge in [-0.15, -0.1) is 11.3 Å². The number of nitrogens with one attached hydrogen (secondary N) is 2. The molecule has 0 fully saturated rings. The number of sulfonamides is 1. The molecule has 0 aliphatic heterocycles. The maximum absolute atomic E-state index is 12.6. The van der Waals surface area contributed by atoms with Gasteiger partial charge in [0.25, 0.3) is 15.9 Å². The van der Waals surface area contributed by atoms with E-state index in [0.717, 1.165) is 10.1 Å². The van der Waals surface area contributed by atoms with Crippen molar-refractivity contribution in [2.45, 2.75) is 11.8 Å². The molecular weight excluding hydrogens is 444 g/mol. The number of rotatable bonds is 5. The molecule has 4 rings (SSSR count). The SMILES string of the molecule is Cc1ccnc(NS(=O)(=O)c2ccc(NC(=O)c3sc4ccccc4c3Cl)cc2)n1. The van der Waals surface area contributed by atoms with Crippen LogP contribution in [0.4, 0.5) is 11.6 Å². The minimum Gasteiger partial charge on any atom is -0.321 e. The van der Waals surface area contributed by atoms with E-state index in [2.05, 4.69) is 20.0 Å². The van der Waals surface area contributed by atoms with Gasteiger partial charge in [-0.1, -0.05) is 29.8 Å². The monoisotopic (exact) mass is 458 g/mol. The van der Waals surface area contributed by atoms with Gasteiger partial charge in [-0.05, 0) is 43.3 Å². The van der Waals surface area contributed by atoms with Crippen LogP contribution in [0.1, 0.15) is 15.4 Å². The Balaban J connectivity index is 1.51. The number of nitrogens with zero attached hydrogens (tertiary/aromatic N) is 2. The predicted octanol–water partition coefficient (Wildman–Crippen LogP) is 4.71. The molecule has 2 N–H and O–H groups in total. The molecule has 30 heavy (non-hydrogen) atoms. The Morgan fingerprint density at radius 2 is 1.80 bits per heavy atom. The molecule has 1 amide bonds. The molecule has 2 aromatic carbocycles. The molecule has 0 saturated carbocycles. The zero-order chi connectivity index (χ0) is 21.3. The molecule has 0 spiro atoms. The van der Waals surface area contributed by atoms with Crippen molar-refractivity contribution in [3.63, 3.8) is 0 Å². The van der Waals surface area contributed by atoms with Gasteiger partial charge in [-0.25, -0.2) is 23.1 Å². The highest BCUT2D eigenvalue weighted by atomic mass is 35.5. The maximum atomic E-state index is 12.6. The summed E-state index contributed by atoms with van der Waals surface area (Å²) >= 11 is 7.64. The van der Waals surface area contributed by atoms with Crippen LogP contribution in [0.3, 0.4) is 0 Å². The first kappa shape index (κ1) is 20.3. The number of anilines is 2. The Morgan fingerprint density at radius 3 is 2.50 bits per heavy atom. The summed E-state index contributed by atoms with van der Waals surface area (Å²) in [5.74, 6) is -0.366.